The SMILES string of the molecule is COC(=O)C1CCN(c2nnc(C)c(C)n2)CC1. The van der Waals surface area contributed by atoms with Gasteiger partial charge in [0.1, 0.15) is 0 Å². The first-order valence-electron chi connectivity index (χ1n) is 6.12. The Labute approximate surface area is 106 Å². The molecule has 1 aromatic rings. The number of hydrogen-bond donors (Lipinski definition) is 0. The number of ether oxygens (including phenoxy) is 1. The Morgan fingerprint density at radius 3 is 2.44 bits per heavy atom. The lowest BCUT2D eigenvalue weighted by Crippen LogP contribution is -2.38. The van der Waals surface area contributed by atoms with Gasteiger partial charge in [0, 0.05) is 13.1 Å². The van der Waals surface area contributed by atoms with Gasteiger partial charge >= 0.3 is 5.97 Å². The summed E-state index contributed by atoms with van der Waals surface area (Å²) in [5.41, 5.74) is 1.75. The largest absolute Gasteiger partial charge is 0.469 e. The molecule has 1 fully saturated rings. The van der Waals surface area contributed by atoms with Crippen LogP contribution in [0.5, 0.6) is 0 Å². The number of esters is 1. The Morgan fingerprint density at radius 2 is 1.89 bits per heavy atom. The van der Waals surface area contributed by atoms with Crippen LogP contribution in [-0.2, 0) is 9.53 Å². The monoisotopic (exact) mass is 250 g/mol. The number of anilines is 1. The van der Waals surface area contributed by atoms with Gasteiger partial charge in [0.2, 0.25) is 5.95 Å². The molecular formula is C12H18N4O2. The normalized spacial score (nSPS) is 16.7. The zero-order valence-corrected chi connectivity index (χ0v) is 11.0. The second kappa shape index (κ2) is 5.29. The maximum Gasteiger partial charge on any atom is 0.308 e. The molecule has 0 atom stereocenters. The van der Waals surface area contributed by atoms with Gasteiger partial charge in [-0.3, -0.25) is 4.79 Å². The second-order valence-electron chi connectivity index (χ2n) is 4.57. The molecule has 1 aliphatic rings. The average molecular weight is 250 g/mol. The van der Waals surface area contributed by atoms with Gasteiger partial charge in [-0.15, -0.1) is 5.10 Å². The number of carbonyl (C=O) groups excluding carboxylic acids is 1. The Bertz CT molecular complexity index is 442. The van der Waals surface area contributed by atoms with Crippen molar-refractivity contribution in [3.8, 4) is 0 Å². The number of carbonyl (C=O) groups is 1. The summed E-state index contributed by atoms with van der Waals surface area (Å²) >= 11 is 0. The third kappa shape index (κ3) is 2.57. The van der Waals surface area contributed by atoms with E-state index in [1.165, 1.54) is 7.11 Å². The molecule has 1 saturated heterocycles. The van der Waals surface area contributed by atoms with Gasteiger partial charge < -0.3 is 9.64 Å². The quantitative estimate of drug-likeness (QED) is 0.726. The molecule has 98 valence electrons. The van der Waals surface area contributed by atoms with Crippen LogP contribution in [0.15, 0.2) is 0 Å². The van der Waals surface area contributed by atoms with Crippen molar-refractivity contribution in [2.45, 2.75) is 26.7 Å². The molecule has 0 aliphatic carbocycles. The van der Waals surface area contributed by atoms with Gasteiger partial charge in [0.25, 0.3) is 0 Å². The van der Waals surface area contributed by atoms with E-state index in [0.29, 0.717) is 5.95 Å². The van der Waals surface area contributed by atoms with Crippen molar-refractivity contribution in [3.05, 3.63) is 11.4 Å². The number of methoxy groups -OCH3 is 1. The Morgan fingerprint density at radius 1 is 1.22 bits per heavy atom. The van der Waals surface area contributed by atoms with Gasteiger partial charge in [-0.05, 0) is 26.7 Å². The van der Waals surface area contributed by atoms with Gasteiger partial charge in [-0.1, -0.05) is 0 Å². The highest BCUT2D eigenvalue weighted by Crippen LogP contribution is 2.21. The van der Waals surface area contributed by atoms with E-state index >= 15 is 0 Å². The minimum atomic E-state index is -0.117. The summed E-state index contributed by atoms with van der Waals surface area (Å²) in [5.74, 6) is 0.543. The predicted octanol–water partition coefficient (Wildman–Crippen LogP) is 0.878. The van der Waals surface area contributed by atoms with Crippen LogP contribution in [0.1, 0.15) is 24.2 Å². The molecule has 0 aromatic carbocycles. The van der Waals surface area contributed by atoms with Gasteiger partial charge in [0.15, 0.2) is 0 Å². The number of hydrogen-bond acceptors (Lipinski definition) is 6. The third-order valence-electron chi connectivity index (χ3n) is 3.39. The predicted molar refractivity (Wildman–Crippen MR) is 66.3 cm³/mol. The standard InChI is InChI=1S/C12H18N4O2/c1-8-9(2)14-15-12(13-8)16-6-4-10(5-7-16)11(17)18-3/h10H,4-7H2,1-3H3. The van der Waals surface area contributed by atoms with Gasteiger partial charge in [-0.25, -0.2) is 4.98 Å². The molecule has 1 aromatic heterocycles. The fourth-order valence-corrected chi connectivity index (χ4v) is 2.06. The van der Waals surface area contributed by atoms with Crippen LogP contribution >= 0.6 is 0 Å². The molecule has 6 heteroatoms. The van der Waals surface area contributed by atoms with Crippen LogP contribution in [0.25, 0.3) is 0 Å². The van der Waals surface area contributed by atoms with Crippen molar-refractivity contribution in [2.24, 2.45) is 5.92 Å². The molecule has 0 spiro atoms. The Kier molecular flexibility index (Phi) is 3.74. The molecule has 18 heavy (non-hydrogen) atoms. The highest BCUT2D eigenvalue weighted by atomic mass is 16.5. The minimum absolute atomic E-state index is 0.00533. The smallest absolute Gasteiger partial charge is 0.308 e. The van der Waals surface area contributed by atoms with Crippen LogP contribution in [0, 0.1) is 19.8 Å². The van der Waals surface area contributed by atoms with Crippen molar-refractivity contribution in [1.29, 1.82) is 0 Å². The first-order chi connectivity index (χ1) is 8.61. The molecule has 0 amide bonds. The maximum atomic E-state index is 11.4. The van der Waals surface area contributed by atoms with Gasteiger partial charge in [0.05, 0.1) is 24.4 Å². The highest BCUT2D eigenvalue weighted by Gasteiger charge is 2.26. The molecule has 0 bridgehead atoms. The topological polar surface area (TPSA) is 68.2 Å². The Balaban J connectivity index is 2.01. The number of aromatic nitrogens is 3. The summed E-state index contributed by atoms with van der Waals surface area (Å²) in [7, 11) is 1.44. The van der Waals surface area contributed by atoms with Crippen molar-refractivity contribution in [3.63, 3.8) is 0 Å². The van der Waals surface area contributed by atoms with Crippen LogP contribution in [0.4, 0.5) is 5.95 Å². The zero-order chi connectivity index (χ0) is 13.1. The zero-order valence-electron chi connectivity index (χ0n) is 11.0. The lowest BCUT2D eigenvalue weighted by atomic mass is 9.97. The van der Waals surface area contributed by atoms with E-state index < -0.39 is 0 Å². The van der Waals surface area contributed by atoms with Crippen molar-refractivity contribution >= 4 is 11.9 Å². The van der Waals surface area contributed by atoms with E-state index in [4.69, 9.17) is 4.74 Å². The fraction of sp³-hybridized carbons (Fsp3) is 0.667. The summed E-state index contributed by atoms with van der Waals surface area (Å²) in [4.78, 5) is 17.9. The van der Waals surface area contributed by atoms with E-state index in [9.17, 15) is 4.79 Å². The minimum Gasteiger partial charge on any atom is -0.469 e. The maximum absolute atomic E-state index is 11.4. The summed E-state index contributed by atoms with van der Waals surface area (Å²) in [6.45, 7) is 5.35. The summed E-state index contributed by atoms with van der Waals surface area (Å²) in [6.07, 6.45) is 1.56. The van der Waals surface area contributed by atoms with Crippen LogP contribution in [-0.4, -0.2) is 41.3 Å². The second-order valence-corrected chi connectivity index (χ2v) is 4.57. The van der Waals surface area contributed by atoms with Gasteiger partial charge in [-0.2, -0.15) is 5.10 Å². The van der Waals surface area contributed by atoms with E-state index in [-0.39, 0.29) is 11.9 Å². The van der Waals surface area contributed by atoms with Crippen LogP contribution < -0.4 is 4.90 Å². The first-order valence-corrected chi connectivity index (χ1v) is 6.12. The lowest BCUT2D eigenvalue weighted by molar-refractivity contribution is -0.146. The van der Waals surface area contributed by atoms with Crippen molar-refractivity contribution < 1.29 is 9.53 Å². The third-order valence-corrected chi connectivity index (χ3v) is 3.39. The summed E-state index contributed by atoms with van der Waals surface area (Å²) in [6, 6.07) is 0. The molecule has 6 nitrogen and oxygen atoms in total. The van der Waals surface area contributed by atoms with E-state index in [1.54, 1.807) is 0 Å². The van der Waals surface area contributed by atoms with Crippen molar-refractivity contribution in [1.82, 2.24) is 15.2 Å². The van der Waals surface area contributed by atoms with E-state index in [0.717, 1.165) is 37.3 Å². The number of rotatable bonds is 2. The average Bonchev–Trinajstić information content (AvgIpc) is 2.41. The van der Waals surface area contributed by atoms with Crippen molar-refractivity contribution in [2.75, 3.05) is 25.1 Å². The highest BCUT2D eigenvalue weighted by molar-refractivity contribution is 5.72. The molecule has 0 unspecified atom stereocenters. The Hall–Kier alpha value is -1.72. The molecule has 0 saturated carbocycles. The number of nitrogens with zero attached hydrogens (tertiary/aromatic N) is 4. The fourth-order valence-electron chi connectivity index (χ4n) is 2.06. The molecule has 2 rings (SSSR count). The molecule has 2 heterocycles. The summed E-state index contributed by atoms with van der Waals surface area (Å²) in [5, 5.41) is 8.18. The lowest BCUT2D eigenvalue weighted by Gasteiger charge is -2.30. The number of aryl methyl sites for hydroxylation is 2. The molecular weight excluding hydrogens is 232 g/mol. The first kappa shape index (κ1) is 12.7. The summed E-state index contributed by atoms with van der Waals surface area (Å²) < 4.78 is 4.76. The molecule has 0 radical (unpaired) electrons. The number of piperidine rings is 1. The van der Waals surface area contributed by atoms with E-state index in [1.807, 2.05) is 13.8 Å². The van der Waals surface area contributed by atoms with Crippen LogP contribution in [0.3, 0.4) is 0 Å². The van der Waals surface area contributed by atoms with Crippen LogP contribution in [0.2, 0.25) is 0 Å². The molecule has 1 aliphatic heterocycles. The van der Waals surface area contributed by atoms with E-state index in [2.05, 4.69) is 20.1 Å². The molecule has 0 N–H and O–H groups in total.